The van der Waals surface area contributed by atoms with Gasteiger partial charge in [0, 0.05) is 37.5 Å². The van der Waals surface area contributed by atoms with Crippen LogP contribution in [0.1, 0.15) is 21.8 Å². The molecule has 1 unspecified atom stereocenters. The van der Waals surface area contributed by atoms with Crippen molar-refractivity contribution in [2.75, 3.05) is 29.4 Å². The predicted octanol–water partition coefficient (Wildman–Crippen LogP) is 3.35. The summed E-state index contributed by atoms with van der Waals surface area (Å²) in [7, 11) is 0. The first-order valence-corrected chi connectivity index (χ1v) is 10.1. The highest BCUT2D eigenvalue weighted by Crippen LogP contribution is 2.33. The molecule has 2 aliphatic rings. The van der Waals surface area contributed by atoms with E-state index in [0.29, 0.717) is 37.4 Å². The summed E-state index contributed by atoms with van der Waals surface area (Å²) >= 11 is 1.40. The largest absolute Gasteiger partial charge is 0.354 e. The average molecular weight is 395 g/mol. The number of pyridine rings is 2. The van der Waals surface area contributed by atoms with Crippen molar-refractivity contribution in [1.82, 2.24) is 15.0 Å². The highest BCUT2D eigenvalue weighted by molar-refractivity contribution is 7.17. The van der Waals surface area contributed by atoms with Crippen molar-refractivity contribution in [2.45, 2.75) is 19.0 Å². The lowest BCUT2D eigenvalue weighted by molar-refractivity contribution is 0.0984. The molecule has 0 radical (unpaired) electrons. The van der Waals surface area contributed by atoms with E-state index in [1.54, 1.807) is 23.5 Å². The molecule has 5 rings (SSSR count). The van der Waals surface area contributed by atoms with E-state index < -0.39 is 6.17 Å². The zero-order valence-electron chi connectivity index (χ0n) is 15.1. The molecule has 8 heteroatoms. The van der Waals surface area contributed by atoms with Gasteiger partial charge in [0.2, 0.25) is 0 Å². The van der Waals surface area contributed by atoms with E-state index in [1.807, 2.05) is 29.2 Å². The fourth-order valence-corrected chi connectivity index (χ4v) is 4.69. The topological polar surface area (TPSA) is 62.2 Å². The maximum atomic E-state index is 13.4. The Morgan fingerprint density at radius 3 is 2.82 bits per heavy atom. The third-order valence-corrected chi connectivity index (χ3v) is 6.25. The Hall–Kier alpha value is -2.87. The summed E-state index contributed by atoms with van der Waals surface area (Å²) < 4.78 is 13.4. The molecule has 3 aromatic heterocycles. The Labute approximate surface area is 165 Å². The molecule has 5 heterocycles. The minimum atomic E-state index is -0.777. The lowest BCUT2D eigenvalue weighted by Gasteiger charge is -2.25. The molecule has 142 valence electrons. The molecule has 6 nitrogen and oxygen atoms in total. The third-order valence-electron chi connectivity index (χ3n) is 5.12. The van der Waals surface area contributed by atoms with E-state index in [1.165, 1.54) is 11.3 Å². The van der Waals surface area contributed by atoms with E-state index in [2.05, 4.69) is 15.0 Å². The first-order chi connectivity index (χ1) is 13.7. The highest BCUT2D eigenvalue weighted by Gasteiger charge is 2.30. The quantitative estimate of drug-likeness (QED) is 0.681. The summed E-state index contributed by atoms with van der Waals surface area (Å²) in [5.74, 6) is 0.748. The highest BCUT2D eigenvalue weighted by atomic mass is 32.1. The number of fused-ring (bicyclic) bond motifs is 1. The number of halogens is 1. The number of hydrogen-bond acceptors (Lipinski definition) is 6. The van der Waals surface area contributed by atoms with Gasteiger partial charge >= 0.3 is 0 Å². The van der Waals surface area contributed by atoms with Gasteiger partial charge in [-0.3, -0.25) is 9.78 Å². The molecular formula is C20H18FN5OS. The van der Waals surface area contributed by atoms with Crippen LogP contribution in [0.4, 0.5) is 15.9 Å². The Kier molecular flexibility index (Phi) is 4.27. The molecule has 2 aliphatic heterocycles. The van der Waals surface area contributed by atoms with Crippen molar-refractivity contribution < 1.29 is 9.18 Å². The van der Waals surface area contributed by atoms with Crippen LogP contribution in [-0.2, 0) is 6.42 Å². The van der Waals surface area contributed by atoms with Crippen molar-refractivity contribution >= 4 is 28.7 Å². The standard InChI is InChI=1S/C20H18FN5OS/c21-14-5-8-25(12-14)17-4-3-13(10-23-17)19-24-16-6-9-26(20(27)18(16)28-19)15-2-1-7-22-11-15/h1-4,7,10-11,14H,5-6,8-9,12H2. The minimum Gasteiger partial charge on any atom is -0.354 e. The maximum Gasteiger partial charge on any atom is 0.270 e. The van der Waals surface area contributed by atoms with Gasteiger partial charge in [0.15, 0.2) is 0 Å². The average Bonchev–Trinajstić information content (AvgIpc) is 3.36. The van der Waals surface area contributed by atoms with Gasteiger partial charge in [-0.1, -0.05) is 0 Å². The van der Waals surface area contributed by atoms with E-state index in [-0.39, 0.29) is 5.91 Å². The van der Waals surface area contributed by atoms with Gasteiger partial charge in [-0.25, -0.2) is 14.4 Å². The van der Waals surface area contributed by atoms with Gasteiger partial charge in [0.05, 0.1) is 24.1 Å². The van der Waals surface area contributed by atoms with Crippen LogP contribution in [0, 0.1) is 0 Å². The number of alkyl halides is 1. The Morgan fingerprint density at radius 1 is 1.18 bits per heavy atom. The number of carbonyl (C=O) groups excluding carboxylic acids is 1. The molecule has 0 bridgehead atoms. The second-order valence-corrected chi connectivity index (χ2v) is 7.95. The molecule has 3 aromatic rings. The molecule has 0 spiro atoms. The van der Waals surface area contributed by atoms with E-state index in [4.69, 9.17) is 0 Å². The predicted molar refractivity (Wildman–Crippen MR) is 107 cm³/mol. The van der Waals surface area contributed by atoms with Gasteiger partial charge in [0.1, 0.15) is 21.9 Å². The molecule has 0 saturated carbocycles. The summed E-state index contributed by atoms with van der Waals surface area (Å²) in [6, 6.07) is 7.56. The van der Waals surface area contributed by atoms with Crippen molar-refractivity contribution in [1.29, 1.82) is 0 Å². The number of anilines is 2. The molecule has 1 saturated heterocycles. The molecule has 1 atom stereocenters. The van der Waals surface area contributed by atoms with Gasteiger partial charge < -0.3 is 9.80 Å². The van der Waals surface area contributed by atoms with Crippen LogP contribution >= 0.6 is 11.3 Å². The fraction of sp³-hybridized carbons (Fsp3) is 0.300. The number of aromatic nitrogens is 3. The SMILES string of the molecule is O=C1c2sc(-c3ccc(N4CCC(F)C4)nc3)nc2CCN1c1cccnc1. The molecule has 0 N–H and O–H groups in total. The lowest BCUT2D eigenvalue weighted by Crippen LogP contribution is -2.36. The van der Waals surface area contributed by atoms with Crippen LogP contribution in [0.15, 0.2) is 42.9 Å². The summed E-state index contributed by atoms with van der Waals surface area (Å²) in [5.41, 5.74) is 2.52. The first-order valence-electron chi connectivity index (χ1n) is 9.26. The summed E-state index contributed by atoms with van der Waals surface area (Å²) in [6.07, 6.45) is 5.64. The Balaban J connectivity index is 1.39. The summed E-state index contributed by atoms with van der Waals surface area (Å²) in [6.45, 7) is 1.69. The van der Waals surface area contributed by atoms with Crippen molar-refractivity contribution in [2.24, 2.45) is 0 Å². The smallest absolute Gasteiger partial charge is 0.270 e. The molecule has 28 heavy (non-hydrogen) atoms. The second kappa shape index (κ2) is 6.94. The number of amides is 1. The van der Waals surface area contributed by atoms with Crippen LogP contribution in [-0.4, -0.2) is 46.7 Å². The number of rotatable bonds is 3. The molecule has 1 fully saturated rings. The van der Waals surface area contributed by atoms with Crippen LogP contribution in [0.3, 0.4) is 0 Å². The van der Waals surface area contributed by atoms with Crippen molar-refractivity contribution in [3.05, 3.63) is 53.4 Å². The Morgan fingerprint density at radius 2 is 2.11 bits per heavy atom. The summed E-state index contributed by atoms with van der Waals surface area (Å²) in [4.78, 5) is 30.6. The number of carbonyl (C=O) groups is 1. The zero-order valence-corrected chi connectivity index (χ0v) is 15.9. The molecule has 1 amide bonds. The number of nitrogens with zero attached hydrogens (tertiary/aromatic N) is 5. The molecule has 0 aromatic carbocycles. The van der Waals surface area contributed by atoms with E-state index in [9.17, 15) is 9.18 Å². The van der Waals surface area contributed by atoms with Crippen LogP contribution in [0.2, 0.25) is 0 Å². The van der Waals surface area contributed by atoms with Gasteiger partial charge in [-0.05, 0) is 30.7 Å². The van der Waals surface area contributed by atoms with Crippen LogP contribution < -0.4 is 9.80 Å². The number of hydrogen-bond donors (Lipinski definition) is 0. The monoisotopic (exact) mass is 395 g/mol. The fourth-order valence-electron chi connectivity index (χ4n) is 3.64. The summed E-state index contributed by atoms with van der Waals surface area (Å²) in [5, 5.41) is 0.787. The molecular weight excluding hydrogens is 377 g/mol. The lowest BCUT2D eigenvalue weighted by atomic mass is 10.1. The number of thiazole rings is 1. The second-order valence-electron chi connectivity index (χ2n) is 6.95. The van der Waals surface area contributed by atoms with Gasteiger partial charge in [-0.15, -0.1) is 11.3 Å². The van der Waals surface area contributed by atoms with Crippen molar-refractivity contribution in [3.63, 3.8) is 0 Å². The maximum absolute atomic E-state index is 13.4. The van der Waals surface area contributed by atoms with Gasteiger partial charge in [-0.2, -0.15) is 0 Å². The van der Waals surface area contributed by atoms with Gasteiger partial charge in [0.25, 0.3) is 5.91 Å². The van der Waals surface area contributed by atoms with E-state index >= 15 is 0 Å². The zero-order chi connectivity index (χ0) is 19.1. The minimum absolute atomic E-state index is 0.0337. The normalized spacial score (nSPS) is 19.2. The van der Waals surface area contributed by atoms with Crippen LogP contribution in [0.25, 0.3) is 10.6 Å². The van der Waals surface area contributed by atoms with Crippen molar-refractivity contribution in [3.8, 4) is 10.6 Å². The van der Waals surface area contributed by atoms with E-state index in [0.717, 1.165) is 27.8 Å². The van der Waals surface area contributed by atoms with Crippen LogP contribution in [0.5, 0.6) is 0 Å². The molecule has 0 aliphatic carbocycles. The third kappa shape index (κ3) is 3.03. The first kappa shape index (κ1) is 17.2. The Bertz CT molecular complexity index is 1010.